The van der Waals surface area contributed by atoms with Crippen LogP contribution >= 0.6 is 0 Å². The number of para-hydroxylation sites is 1. The molecule has 7 heteroatoms. The van der Waals surface area contributed by atoms with E-state index in [2.05, 4.69) is 0 Å². The van der Waals surface area contributed by atoms with Gasteiger partial charge in [0.15, 0.2) is 5.75 Å². The predicted octanol–water partition coefficient (Wildman–Crippen LogP) is 4.12. The first-order chi connectivity index (χ1) is 15.1. The maximum atomic E-state index is 11.9. The van der Waals surface area contributed by atoms with Crippen LogP contribution in [0.25, 0.3) is 22.2 Å². The Morgan fingerprint density at radius 1 is 1.00 bits per heavy atom. The average molecular weight is 419 g/mol. The highest BCUT2D eigenvalue weighted by molar-refractivity contribution is 5.91. The highest BCUT2D eigenvalue weighted by Crippen LogP contribution is 2.39. The van der Waals surface area contributed by atoms with Crippen molar-refractivity contribution in [1.29, 1.82) is 0 Å². The first-order valence-electron chi connectivity index (χ1n) is 10.0. The number of benzene rings is 2. The van der Waals surface area contributed by atoms with E-state index in [1.165, 1.54) is 0 Å². The number of ether oxygens (including phenoxy) is 3. The van der Waals surface area contributed by atoms with Gasteiger partial charge in [-0.1, -0.05) is 18.2 Å². The molecule has 0 saturated carbocycles. The van der Waals surface area contributed by atoms with Crippen LogP contribution in [0.3, 0.4) is 0 Å². The number of nitrogens with zero attached hydrogens (tertiary/aromatic N) is 3. The topological polar surface area (TPSA) is 67.5 Å². The van der Waals surface area contributed by atoms with Crippen LogP contribution in [0.15, 0.2) is 65.6 Å². The second kappa shape index (κ2) is 9.16. The first-order valence-corrected chi connectivity index (χ1v) is 10.0. The van der Waals surface area contributed by atoms with Crippen LogP contribution in [0, 0.1) is 6.92 Å². The zero-order valence-corrected chi connectivity index (χ0v) is 17.9. The van der Waals surface area contributed by atoms with Crippen molar-refractivity contribution in [3.63, 3.8) is 0 Å². The Morgan fingerprint density at radius 3 is 2.55 bits per heavy atom. The second-order valence-electron chi connectivity index (χ2n) is 7.21. The first kappa shape index (κ1) is 20.8. The molecule has 0 spiro atoms. The summed E-state index contributed by atoms with van der Waals surface area (Å²) in [6, 6.07) is 17.0. The lowest BCUT2D eigenvalue weighted by Crippen LogP contribution is -2.14. The van der Waals surface area contributed by atoms with Crippen molar-refractivity contribution in [1.82, 2.24) is 14.1 Å². The molecule has 0 N–H and O–H groups in total. The van der Waals surface area contributed by atoms with E-state index >= 15 is 0 Å². The summed E-state index contributed by atoms with van der Waals surface area (Å²) in [7, 11) is 3.38. The number of aromatic nitrogens is 3. The molecular formula is C24H25N3O4. The van der Waals surface area contributed by atoms with Crippen molar-refractivity contribution in [2.45, 2.75) is 13.7 Å². The molecule has 2 aromatic carbocycles. The molecule has 0 atom stereocenters. The number of aryl methyl sites for hydroxylation is 2. The molecule has 2 aromatic heterocycles. The van der Waals surface area contributed by atoms with E-state index in [0.717, 1.165) is 28.0 Å². The van der Waals surface area contributed by atoms with Gasteiger partial charge in [0.1, 0.15) is 23.8 Å². The fraction of sp³-hybridized carbons (Fsp3) is 0.250. The van der Waals surface area contributed by atoms with Crippen molar-refractivity contribution < 1.29 is 14.2 Å². The minimum Gasteiger partial charge on any atom is -0.454 e. The minimum atomic E-state index is -0.0660. The van der Waals surface area contributed by atoms with E-state index in [-0.39, 0.29) is 5.56 Å². The van der Waals surface area contributed by atoms with Crippen molar-refractivity contribution in [2.75, 3.05) is 20.3 Å². The van der Waals surface area contributed by atoms with Gasteiger partial charge in [0.05, 0.1) is 18.7 Å². The Hall–Kier alpha value is -3.42. The summed E-state index contributed by atoms with van der Waals surface area (Å²) < 4.78 is 20.7. The van der Waals surface area contributed by atoms with Gasteiger partial charge in [-0.2, -0.15) is 0 Å². The lowest BCUT2D eigenvalue weighted by Gasteiger charge is -2.14. The van der Waals surface area contributed by atoms with Crippen LogP contribution in [0.1, 0.15) is 5.82 Å². The zero-order valence-electron chi connectivity index (χ0n) is 17.9. The Labute approximate surface area is 180 Å². The summed E-state index contributed by atoms with van der Waals surface area (Å²) in [6.07, 6.45) is 1.80. The van der Waals surface area contributed by atoms with Gasteiger partial charge < -0.3 is 23.3 Å². The molecule has 0 aliphatic heterocycles. The molecule has 7 nitrogen and oxygen atoms in total. The molecule has 2 heterocycles. The summed E-state index contributed by atoms with van der Waals surface area (Å²) in [5, 5.41) is 0. The van der Waals surface area contributed by atoms with Gasteiger partial charge in [-0.05, 0) is 37.3 Å². The Morgan fingerprint density at radius 2 is 1.81 bits per heavy atom. The molecule has 0 bridgehead atoms. The van der Waals surface area contributed by atoms with Gasteiger partial charge in [0.2, 0.25) is 5.56 Å². The standard InChI is InChI=1S/C24H25N3O4/c1-17-25-23-21(27(17)16-30-14-13-29-3)11-10-20(18-9-12-22(28)26(2)15-18)24(23)31-19-7-5-4-6-8-19/h4-12,15H,13-14,16H2,1-3H3. The number of methoxy groups -OCH3 is 1. The van der Waals surface area contributed by atoms with Gasteiger partial charge in [-0.15, -0.1) is 0 Å². The van der Waals surface area contributed by atoms with Gasteiger partial charge in [0.25, 0.3) is 0 Å². The quantitative estimate of drug-likeness (QED) is 0.402. The normalized spacial score (nSPS) is 11.2. The van der Waals surface area contributed by atoms with Gasteiger partial charge in [-0.3, -0.25) is 4.79 Å². The highest BCUT2D eigenvalue weighted by Gasteiger charge is 2.18. The molecule has 0 aliphatic rings. The summed E-state index contributed by atoms with van der Waals surface area (Å²) in [6.45, 7) is 3.34. The molecule has 31 heavy (non-hydrogen) atoms. The molecule has 0 aliphatic carbocycles. The summed E-state index contributed by atoms with van der Waals surface area (Å²) >= 11 is 0. The number of pyridine rings is 1. The Balaban J connectivity index is 1.84. The molecule has 160 valence electrons. The molecule has 4 rings (SSSR count). The van der Waals surface area contributed by atoms with E-state index in [1.807, 2.05) is 54.0 Å². The summed E-state index contributed by atoms with van der Waals surface area (Å²) in [5.41, 5.74) is 3.32. The SMILES string of the molecule is COCCOCn1c(C)nc2c(Oc3ccccc3)c(-c3ccc(=O)n(C)c3)ccc21. The fourth-order valence-electron chi connectivity index (χ4n) is 3.43. The largest absolute Gasteiger partial charge is 0.454 e. The number of rotatable bonds is 8. The van der Waals surface area contributed by atoms with E-state index in [9.17, 15) is 4.79 Å². The summed E-state index contributed by atoms with van der Waals surface area (Å²) in [5.74, 6) is 2.17. The number of imidazole rings is 1. The van der Waals surface area contributed by atoms with Crippen LogP contribution in [-0.2, 0) is 23.3 Å². The molecule has 0 unspecified atom stereocenters. The maximum Gasteiger partial charge on any atom is 0.250 e. The number of fused-ring (bicyclic) bond motifs is 1. The third-order valence-electron chi connectivity index (χ3n) is 5.08. The lowest BCUT2D eigenvalue weighted by atomic mass is 10.1. The van der Waals surface area contributed by atoms with Gasteiger partial charge in [0, 0.05) is 37.5 Å². The third-order valence-corrected chi connectivity index (χ3v) is 5.08. The van der Waals surface area contributed by atoms with Crippen molar-refractivity contribution in [3.8, 4) is 22.6 Å². The second-order valence-corrected chi connectivity index (χ2v) is 7.21. The molecule has 4 aromatic rings. The van der Waals surface area contributed by atoms with Crippen LogP contribution in [-0.4, -0.2) is 34.4 Å². The lowest BCUT2D eigenvalue weighted by molar-refractivity contribution is 0.0350. The fourth-order valence-corrected chi connectivity index (χ4v) is 3.43. The van der Waals surface area contributed by atoms with Crippen LogP contribution in [0.2, 0.25) is 0 Å². The van der Waals surface area contributed by atoms with Gasteiger partial charge >= 0.3 is 0 Å². The maximum absolute atomic E-state index is 11.9. The van der Waals surface area contributed by atoms with Crippen molar-refractivity contribution in [3.05, 3.63) is 77.0 Å². The molecule has 0 fully saturated rings. The van der Waals surface area contributed by atoms with Gasteiger partial charge in [-0.25, -0.2) is 4.98 Å². The van der Waals surface area contributed by atoms with E-state index in [1.54, 1.807) is 37.1 Å². The third kappa shape index (κ3) is 4.38. The minimum absolute atomic E-state index is 0.0660. The molecule has 0 saturated heterocycles. The Bertz CT molecular complexity index is 1250. The number of hydrogen-bond acceptors (Lipinski definition) is 5. The van der Waals surface area contributed by atoms with Crippen LogP contribution in [0.4, 0.5) is 0 Å². The predicted molar refractivity (Wildman–Crippen MR) is 119 cm³/mol. The van der Waals surface area contributed by atoms with Crippen LogP contribution < -0.4 is 10.3 Å². The van der Waals surface area contributed by atoms with Crippen LogP contribution in [0.5, 0.6) is 11.5 Å². The molecule has 0 radical (unpaired) electrons. The number of hydrogen-bond donors (Lipinski definition) is 0. The highest BCUT2D eigenvalue weighted by atomic mass is 16.5. The Kier molecular flexibility index (Phi) is 6.16. The van der Waals surface area contributed by atoms with E-state index in [4.69, 9.17) is 19.2 Å². The molecular weight excluding hydrogens is 394 g/mol. The summed E-state index contributed by atoms with van der Waals surface area (Å²) in [4.78, 5) is 16.7. The smallest absolute Gasteiger partial charge is 0.250 e. The van der Waals surface area contributed by atoms with E-state index in [0.29, 0.717) is 31.4 Å². The van der Waals surface area contributed by atoms with E-state index < -0.39 is 0 Å². The molecule has 0 amide bonds. The van der Waals surface area contributed by atoms with Crippen molar-refractivity contribution >= 4 is 11.0 Å². The monoisotopic (exact) mass is 419 g/mol. The van der Waals surface area contributed by atoms with Crippen molar-refractivity contribution in [2.24, 2.45) is 7.05 Å². The zero-order chi connectivity index (χ0) is 21.8. The average Bonchev–Trinajstić information content (AvgIpc) is 3.10.